The maximum absolute atomic E-state index is 12.5. The number of ether oxygens (including phenoxy) is 2. The molecule has 0 aromatic carbocycles. The Morgan fingerprint density at radius 2 is 1.18 bits per heavy atom. The molecule has 0 spiro atoms. The van der Waals surface area contributed by atoms with Crippen molar-refractivity contribution in [3.63, 3.8) is 0 Å². The molecule has 0 saturated carbocycles. The molecule has 6 heteroatoms. The lowest BCUT2D eigenvalue weighted by Gasteiger charge is -2.36. The zero-order valence-electron chi connectivity index (χ0n) is 20.2. The summed E-state index contributed by atoms with van der Waals surface area (Å²) >= 11 is 0. The van der Waals surface area contributed by atoms with Crippen molar-refractivity contribution >= 4 is 20.3 Å². The molecule has 166 valence electrons. The van der Waals surface area contributed by atoms with E-state index in [-0.39, 0.29) is 5.04 Å². The Labute approximate surface area is 174 Å². The summed E-state index contributed by atoms with van der Waals surface area (Å²) in [5.74, 6) is -1.88. The van der Waals surface area contributed by atoms with E-state index in [4.69, 9.17) is 13.9 Å². The van der Waals surface area contributed by atoms with E-state index in [1.165, 1.54) is 0 Å². The highest BCUT2D eigenvalue weighted by atomic mass is 28.4. The summed E-state index contributed by atoms with van der Waals surface area (Å²) in [6.45, 7) is 22.7. The molecular weight excluding hydrogens is 372 g/mol. The van der Waals surface area contributed by atoms with Crippen molar-refractivity contribution in [2.24, 2.45) is 5.92 Å². The van der Waals surface area contributed by atoms with Gasteiger partial charge in [0.05, 0.1) is 0 Å². The van der Waals surface area contributed by atoms with Crippen LogP contribution in [0, 0.1) is 5.92 Å². The molecule has 0 fully saturated rings. The highest BCUT2D eigenvalue weighted by Gasteiger charge is 2.37. The third-order valence-electron chi connectivity index (χ3n) is 4.79. The van der Waals surface area contributed by atoms with Crippen molar-refractivity contribution in [2.75, 3.05) is 6.61 Å². The number of rotatable bonds is 9. The van der Waals surface area contributed by atoms with Gasteiger partial charge in [0.25, 0.3) is 0 Å². The van der Waals surface area contributed by atoms with Crippen LogP contribution in [0.15, 0.2) is 0 Å². The summed E-state index contributed by atoms with van der Waals surface area (Å²) in [6.07, 6.45) is 3.01. The Hall–Kier alpha value is -0.883. The average Bonchev–Trinajstić information content (AvgIpc) is 2.40. The minimum Gasteiger partial charge on any atom is -0.459 e. The molecule has 0 atom stereocenters. The number of esters is 2. The van der Waals surface area contributed by atoms with Crippen molar-refractivity contribution in [1.29, 1.82) is 0 Å². The molecule has 0 rings (SSSR count). The predicted octanol–water partition coefficient (Wildman–Crippen LogP) is 5.87. The summed E-state index contributed by atoms with van der Waals surface area (Å²) in [7, 11) is -1.72. The van der Waals surface area contributed by atoms with Crippen LogP contribution in [-0.4, -0.2) is 38.1 Å². The topological polar surface area (TPSA) is 61.8 Å². The van der Waals surface area contributed by atoms with Gasteiger partial charge in [-0.3, -0.25) is 9.59 Å². The number of carbonyl (C=O) groups is 2. The fourth-order valence-electron chi connectivity index (χ4n) is 2.25. The summed E-state index contributed by atoms with van der Waals surface area (Å²) in [5.41, 5.74) is -1.26. The van der Waals surface area contributed by atoms with Gasteiger partial charge < -0.3 is 13.9 Å². The molecule has 0 amide bonds. The SMILES string of the molecule is CC(C)(C)OC(=O)C(CCCCCO[Si](C)(C)C(C)(C)C)C(=O)OC(C)(C)C. The molecule has 0 radical (unpaired) electrons. The monoisotopic (exact) mass is 416 g/mol. The van der Waals surface area contributed by atoms with Crippen molar-refractivity contribution in [3.8, 4) is 0 Å². The van der Waals surface area contributed by atoms with Gasteiger partial charge in [-0.25, -0.2) is 0 Å². The molecule has 0 aliphatic rings. The molecule has 0 aromatic heterocycles. The second-order valence-electron chi connectivity index (χ2n) is 11.1. The molecule has 0 aromatic rings. The Kier molecular flexibility index (Phi) is 9.91. The standard InChI is InChI=1S/C22H44O5Si/c1-20(2,3)26-18(23)17(19(24)27-21(4,5)6)15-13-12-14-16-25-28(10,11)22(7,8)9/h17H,12-16H2,1-11H3. The van der Waals surface area contributed by atoms with Gasteiger partial charge in [-0.05, 0) is 72.5 Å². The van der Waals surface area contributed by atoms with E-state index >= 15 is 0 Å². The zero-order chi connectivity index (χ0) is 22.4. The van der Waals surface area contributed by atoms with Crippen LogP contribution in [0.25, 0.3) is 0 Å². The summed E-state index contributed by atoms with van der Waals surface area (Å²) in [4.78, 5) is 25.0. The van der Waals surface area contributed by atoms with Gasteiger partial charge in [-0.15, -0.1) is 0 Å². The van der Waals surface area contributed by atoms with Gasteiger partial charge in [0, 0.05) is 6.61 Å². The molecule has 5 nitrogen and oxygen atoms in total. The predicted molar refractivity (Wildman–Crippen MR) is 117 cm³/mol. The first-order valence-corrected chi connectivity index (χ1v) is 13.4. The molecule has 0 aliphatic heterocycles. The maximum atomic E-state index is 12.5. The molecular formula is C22H44O5Si. The Balaban J connectivity index is 4.65. The lowest BCUT2D eigenvalue weighted by atomic mass is 10.0. The minimum absolute atomic E-state index is 0.200. The van der Waals surface area contributed by atoms with E-state index < -0.39 is 37.4 Å². The third-order valence-corrected chi connectivity index (χ3v) is 9.33. The van der Waals surface area contributed by atoms with Crippen LogP contribution in [-0.2, 0) is 23.5 Å². The largest absolute Gasteiger partial charge is 0.459 e. The summed E-state index contributed by atoms with van der Waals surface area (Å²) in [5, 5.41) is 0.200. The summed E-state index contributed by atoms with van der Waals surface area (Å²) < 4.78 is 17.1. The number of hydrogen-bond acceptors (Lipinski definition) is 5. The summed E-state index contributed by atoms with van der Waals surface area (Å²) in [6, 6.07) is 0. The second-order valence-corrected chi connectivity index (χ2v) is 15.9. The van der Waals surface area contributed by atoms with Gasteiger partial charge in [0.15, 0.2) is 14.2 Å². The first-order chi connectivity index (χ1) is 12.4. The van der Waals surface area contributed by atoms with Gasteiger partial charge >= 0.3 is 11.9 Å². The van der Waals surface area contributed by atoms with Crippen molar-refractivity contribution in [1.82, 2.24) is 0 Å². The van der Waals surface area contributed by atoms with Crippen LogP contribution in [0.2, 0.25) is 18.1 Å². The number of carbonyl (C=O) groups excluding carboxylic acids is 2. The van der Waals surface area contributed by atoms with Gasteiger partial charge in [0.2, 0.25) is 0 Å². The van der Waals surface area contributed by atoms with Crippen LogP contribution in [0.4, 0.5) is 0 Å². The molecule has 0 unspecified atom stereocenters. The highest BCUT2D eigenvalue weighted by Crippen LogP contribution is 2.36. The van der Waals surface area contributed by atoms with Gasteiger partial charge in [-0.2, -0.15) is 0 Å². The zero-order valence-corrected chi connectivity index (χ0v) is 21.2. The fraction of sp³-hybridized carbons (Fsp3) is 0.909. The number of hydrogen-bond donors (Lipinski definition) is 0. The second kappa shape index (κ2) is 10.2. The highest BCUT2D eigenvalue weighted by molar-refractivity contribution is 6.74. The van der Waals surface area contributed by atoms with Gasteiger partial charge in [-0.1, -0.05) is 33.6 Å². The van der Waals surface area contributed by atoms with E-state index in [1.807, 2.05) is 0 Å². The maximum Gasteiger partial charge on any atom is 0.320 e. The van der Waals surface area contributed by atoms with E-state index in [9.17, 15) is 9.59 Å². The van der Waals surface area contributed by atoms with Crippen LogP contribution < -0.4 is 0 Å². The first-order valence-electron chi connectivity index (χ1n) is 10.5. The molecule has 0 heterocycles. The lowest BCUT2D eigenvalue weighted by molar-refractivity contribution is -0.174. The Morgan fingerprint density at radius 1 is 0.750 bits per heavy atom. The van der Waals surface area contributed by atoms with Crippen molar-refractivity contribution in [2.45, 2.75) is 117 Å². The Morgan fingerprint density at radius 3 is 1.54 bits per heavy atom. The lowest BCUT2D eigenvalue weighted by Crippen LogP contribution is -2.40. The van der Waals surface area contributed by atoms with E-state index in [0.29, 0.717) is 6.42 Å². The molecule has 0 saturated heterocycles. The van der Waals surface area contributed by atoms with Crippen LogP contribution in [0.3, 0.4) is 0 Å². The molecule has 0 bridgehead atoms. The molecule has 0 N–H and O–H groups in total. The van der Waals surface area contributed by atoms with Gasteiger partial charge in [0.1, 0.15) is 11.2 Å². The normalized spacial score (nSPS) is 13.6. The van der Waals surface area contributed by atoms with E-state index in [0.717, 1.165) is 25.9 Å². The molecule has 0 aliphatic carbocycles. The Bertz CT molecular complexity index is 478. The molecule has 28 heavy (non-hydrogen) atoms. The quantitative estimate of drug-likeness (QED) is 0.204. The van der Waals surface area contributed by atoms with Crippen molar-refractivity contribution in [3.05, 3.63) is 0 Å². The van der Waals surface area contributed by atoms with Crippen LogP contribution in [0.1, 0.15) is 88.0 Å². The van der Waals surface area contributed by atoms with Crippen molar-refractivity contribution < 1.29 is 23.5 Å². The average molecular weight is 417 g/mol. The fourth-order valence-corrected chi connectivity index (χ4v) is 3.34. The smallest absolute Gasteiger partial charge is 0.320 e. The number of unbranched alkanes of at least 4 members (excludes halogenated alkanes) is 2. The first kappa shape index (κ1) is 27.1. The van der Waals surface area contributed by atoms with E-state index in [1.54, 1.807) is 41.5 Å². The van der Waals surface area contributed by atoms with E-state index in [2.05, 4.69) is 33.9 Å². The van der Waals surface area contributed by atoms with Crippen LogP contribution in [0.5, 0.6) is 0 Å². The van der Waals surface area contributed by atoms with Crippen LogP contribution >= 0.6 is 0 Å². The minimum atomic E-state index is -1.72. The third kappa shape index (κ3) is 11.2.